The maximum Gasteiger partial charge on any atom is 0.309 e. The van der Waals surface area contributed by atoms with Crippen LogP contribution >= 0.6 is 0 Å². The number of nitrogens with zero attached hydrogens (tertiary/aromatic N) is 1. The molecule has 0 unspecified atom stereocenters. The Kier molecular flexibility index (Phi) is 5.35. The molecule has 0 saturated carbocycles. The molecule has 1 aromatic heterocycles. The summed E-state index contributed by atoms with van der Waals surface area (Å²) in [6.07, 6.45) is 0.486. The maximum absolute atomic E-state index is 11.1. The molecule has 0 aliphatic rings. The minimum absolute atomic E-state index is 0.00503. The van der Waals surface area contributed by atoms with Gasteiger partial charge in [-0.1, -0.05) is 12.1 Å². The molecule has 0 fully saturated rings. The van der Waals surface area contributed by atoms with Crippen molar-refractivity contribution in [2.24, 2.45) is 5.41 Å². The molecule has 24 heavy (non-hydrogen) atoms. The molecule has 0 bridgehead atoms. The third-order valence-electron chi connectivity index (χ3n) is 3.83. The van der Waals surface area contributed by atoms with E-state index in [1.54, 1.807) is 44.2 Å². The molecule has 7 heteroatoms. The average molecular weight is 332 g/mol. The molecule has 0 aliphatic heterocycles. The highest BCUT2D eigenvalue weighted by Crippen LogP contribution is 2.30. The second kappa shape index (κ2) is 7.27. The third kappa shape index (κ3) is 4.20. The number of nitro groups is 1. The van der Waals surface area contributed by atoms with Gasteiger partial charge in [0.1, 0.15) is 11.5 Å². The molecule has 0 atom stereocenters. The highest BCUT2D eigenvalue weighted by molar-refractivity contribution is 5.73. The number of nitro benzene ring substituents is 1. The fourth-order valence-electron chi connectivity index (χ4n) is 2.18. The number of para-hydroxylation sites is 1. The number of aliphatic carboxylic acids is 1. The van der Waals surface area contributed by atoms with Gasteiger partial charge in [-0.05, 0) is 45.0 Å². The van der Waals surface area contributed by atoms with Gasteiger partial charge in [-0.15, -0.1) is 0 Å². The molecule has 128 valence electrons. The van der Waals surface area contributed by atoms with E-state index in [1.807, 2.05) is 0 Å². The van der Waals surface area contributed by atoms with Gasteiger partial charge in [0.25, 0.3) is 5.69 Å². The molecule has 2 aromatic rings. The first kappa shape index (κ1) is 17.7. The van der Waals surface area contributed by atoms with Crippen LogP contribution in [0.4, 0.5) is 5.69 Å². The molecular weight excluding hydrogens is 312 g/mol. The van der Waals surface area contributed by atoms with E-state index in [4.69, 9.17) is 9.52 Å². The summed E-state index contributed by atoms with van der Waals surface area (Å²) in [5.74, 6) is 0.238. The predicted molar refractivity (Wildman–Crippen MR) is 88.5 cm³/mol. The topological polar surface area (TPSA) is 106 Å². The Hall–Kier alpha value is -2.67. The smallest absolute Gasteiger partial charge is 0.309 e. The molecule has 2 rings (SSSR count). The zero-order valence-corrected chi connectivity index (χ0v) is 13.6. The minimum atomic E-state index is -0.832. The summed E-state index contributed by atoms with van der Waals surface area (Å²) < 4.78 is 5.66. The summed E-state index contributed by atoms with van der Waals surface area (Å²) in [5.41, 5.74) is -0.360. The molecule has 0 radical (unpaired) electrons. The lowest BCUT2D eigenvalue weighted by Gasteiger charge is -2.18. The van der Waals surface area contributed by atoms with Crippen LogP contribution in [-0.2, 0) is 11.3 Å². The van der Waals surface area contributed by atoms with Crippen molar-refractivity contribution < 1.29 is 19.2 Å². The lowest BCUT2D eigenvalue weighted by molar-refractivity contribution is -0.384. The lowest BCUT2D eigenvalue weighted by Crippen LogP contribution is -2.28. The highest BCUT2D eigenvalue weighted by Gasteiger charge is 2.26. The second-order valence-electron chi connectivity index (χ2n) is 6.16. The number of benzene rings is 1. The molecule has 0 saturated heterocycles. The fourth-order valence-corrected chi connectivity index (χ4v) is 2.18. The van der Waals surface area contributed by atoms with Crippen molar-refractivity contribution in [3.8, 4) is 11.3 Å². The Morgan fingerprint density at radius 3 is 2.67 bits per heavy atom. The van der Waals surface area contributed by atoms with Crippen LogP contribution in [0.2, 0.25) is 0 Å². The number of hydrogen-bond donors (Lipinski definition) is 2. The zero-order valence-electron chi connectivity index (χ0n) is 13.6. The number of hydrogen-bond acceptors (Lipinski definition) is 5. The van der Waals surface area contributed by atoms with Crippen LogP contribution in [0.5, 0.6) is 0 Å². The van der Waals surface area contributed by atoms with Crippen LogP contribution in [0.3, 0.4) is 0 Å². The second-order valence-corrected chi connectivity index (χ2v) is 6.16. The van der Waals surface area contributed by atoms with Crippen molar-refractivity contribution in [1.82, 2.24) is 5.32 Å². The van der Waals surface area contributed by atoms with Crippen LogP contribution < -0.4 is 5.32 Å². The van der Waals surface area contributed by atoms with Crippen LogP contribution in [0.25, 0.3) is 11.3 Å². The van der Waals surface area contributed by atoms with E-state index in [-0.39, 0.29) is 5.69 Å². The van der Waals surface area contributed by atoms with Crippen molar-refractivity contribution in [2.45, 2.75) is 26.8 Å². The van der Waals surface area contributed by atoms with Gasteiger partial charge in [-0.2, -0.15) is 0 Å². The SMILES string of the molecule is CC(C)(CCNCc1ccc(-c2ccccc2[N+](=O)[O-])o1)C(=O)O. The number of rotatable bonds is 8. The van der Waals surface area contributed by atoms with Crippen molar-refractivity contribution in [3.63, 3.8) is 0 Å². The highest BCUT2D eigenvalue weighted by atomic mass is 16.6. The predicted octanol–water partition coefficient (Wildman–Crippen LogP) is 3.45. The van der Waals surface area contributed by atoms with E-state index in [2.05, 4.69) is 5.32 Å². The fraction of sp³-hybridized carbons (Fsp3) is 0.353. The van der Waals surface area contributed by atoms with Crippen molar-refractivity contribution in [3.05, 3.63) is 52.3 Å². The summed E-state index contributed by atoms with van der Waals surface area (Å²) in [5, 5.41) is 23.2. The summed E-state index contributed by atoms with van der Waals surface area (Å²) in [4.78, 5) is 21.7. The summed E-state index contributed by atoms with van der Waals surface area (Å²) in [7, 11) is 0. The molecule has 0 amide bonds. The van der Waals surface area contributed by atoms with Gasteiger partial charge in [0, 0.05) is 6.07 Å². The molecule has 7 nitrogen and oxygen atoms in total. The number of nitrogens with one attached hydrogen (secondary N) is 1. The van der Waals surface area contributed by atoms with Crippen LogP contribution in [0.15, 0.2) is 40.8 Å². The van der Waals surface area contributed by atoms with E-state index in [1.165, 1.54) is 6.07 Å². The zero-order chi connectivity index (χ0) is 17.7. The Labute approximate surface area is 139 Å². The lowest BCUT2D eigenvalue weighted by atomic mass is 9.90. The van der Waals surface area contributed by atoms with Gasteiger partial charge in [-0.3, -0.25) is 14.9 Å². The van der Waals surface area contributed by atoms with Gasteiger partial charge in [-0.25, -0.2) is 0 Å². The molecule has 1 heterocycles. The van der Waals surface area contributed by atoms with Crippen molar-refractivity contribution in [1.29, 1.82) is 0 Å². The van der Waals surface area contributed by atoms with E-state index in [9.17, 15) is 14.9 Å². The van der Waals surface area contributed by atoms with Crippen LogP contribution in [0, 0.1) is 15.5 Å². The Balaban J connectivity index is 1.97. The van der Waals surface area contributed by atoms with Crippen LogP contribution in [0.1, 0.15) is 26.0 Å². The number of carboxylic acids is 1. The van der Waals surface area contributed by atoms with Gasteiger partial charge in [0.15, 0.2) is 0 Å². The average Bonchev–Trinajstić information content (AvgIpc) is 3.00. The van der Waals surface area contributed by atoms with E-state index in [0.29, 0.717) is 36.6 Å². The van der Waals surface area contributed by atoms with E-state index in [0.717, 1.165) is 0 Å². The third-order valence-corrected chi connectivity index (χ3v) is 3.83. The molecular formula is C17H20N2O5. The van der Waals surface area contributed by atoms with Crippen molar-refractivity contribution in [2.75, 3.05) is 6.54 Å². The van der Waals surface area contributed by atoms with Gasteiger partial charge >= 0.3 is 5.97 Å². The Morgan fingerprint density at radius 2 is 2.00 bits per heavy atom. The number of carboxylic acid groups (broad SMARTS) is 1. The largest absolute Gasteiger partial charge is 0.481 e. The molecule has 0 spiro atoms. The first-order chi connectivity index (χ1) is 11.3. The quantitative estimate of drug-likeness (QED) is 0.436. The van der Waals surface area contributed by atoms with E-state index >= 15 is 0 Å². The first-order valence-electron chi connectivity index (χ1n) is 7.58. The Bertz CT molecular complexity index is 736. The molecule has 1 aromatic carbocycles. The Morgan fingerprint density at radius 1 is 1.29 bits per heavy atom. The summed E-state index contributed by atoms with van der Waals surface area (Å²) >= 11 is 0. The normalized spacial score (nSPS) is 11.4. The maximum atomic E-state index is 11.1. The number of furan rings is 1. The van der Waals surface area contributed by atoms with Gasteiger partial charge in [0.05, 0.1) is 22.4 Å². The van der Waals surface area contributed by atoms with E-state index < -0.39 is 16.3 Å². The van der Waals surface area contributed by atoms with Crippen molar-refractivity contribution >= 4 is 11.7 Å². The van der Waals surface area contributed by atoms with Crippen LogP contribution in [-0.4, -0.2) is 22.5 Å². The monoisotopic (exact) mass is 332 g/mol. The summed E-state index contributed by atoms with van der Waals surface area (Å²) in [6, 6.07) is 9.85. The molecule has 0 aliphatic carbocycles. The number of carbonyl (C=O) groups is 1. The van der Waals surface area contributed by atoms with Gasteiger partial charge < -0.3 is 14.8 Å². The summed E-state index contributed by atoms with van der Waals surface area (Å²) in [6.45, 7) is 4.31. The first-order valence-corrected chi connectivity index (χ1v) is 7.58. The minimum Gasteiger partial charge on any atom is -0.481 e. The standard InChI is InChI=1S/C17H20N2O5/c1-17(2,16(20)21)9-10-18-11-12-7-8-15(24-12)13-5-3-4-6-14(13)19(22)23/h3-8,18H,9-11H2,1-2H3,(H,20,21). The van der Waals surface area contributed by atoms with Gasteiger partial charge in [0.2, 0.25) is 0 Å². The molecule has 2 N–H and O–H groups in total.